The van der Waals surface area contributed by atoms with Crippen LogP contribution in [0.25, 0.3) is 0 Å². The maximum atomic E-state index is 13.9. The van der Waals surface area contributed by atoms with Gasteiger partial charge in [-0.05, 0) is 31.2 Å². The van der Waals surface area contributed by atoms with Gasteiger partial charge in [-0.2, -0.15) is 0 Å². The van der Waals surface area contributed by atoms with E-state index in [4.69, 9.17) is 0 Å². The van der Waals surface area contributed by atoms with Crippen LogP contribution in [0.5, 0.6) is 0 Å². The number of carbonyl (C=O) groups is 1. The van der Waals surface area contributed by atoms with Crippen molar-refractivity contribution < 1.29 is 18.7 Å². The van der Waals surface area contributed by atoms with Crippen molar-refractivity contribution in [3.8, 4) is 0 Å². The first-order valence-electron chi connectivity index (χ1n) is 8.70. The fraction of sp³-hybridized carbons (Fsp3) is 0.350. The van der Waals surface area contributed by atoms with Crippen molar-refractivity contribution in [1.29, 1.82) is 0 Å². The van der Waals surface area contributed by atoms with Crippen LogP contribution in [0, 0.1) is 17.6 Å². The first kappa shape index (κ1) is 18.5. The molecule has 0 radical (unpaired) electrons. The Morgan fingerprint density at radius 3 is 2.65 bits per heavy atom. The summed E-state index contributed by atoms with van der Waals surface area (Å²) in [4.78, 5) is 14.4. The highest BCUT2D eigenvalue weighted by molar-refractivity contribution is 5.94. The Bertz CT molecular complexity index is 755. The molecule has 2 N–H and O–H groups in total. The maximum Gasteiger partial charge on any atom is 0.251 e. The van der Waals surface area contributed by atoms with E-state index in [1.807, 2.05) is 11.0 Å². The number of halogens is 2. The second-order valence-corrected chi connectivity index (χ2v) is 6.65. The van der Waals surface area contributed by atoms with Crippen molar-refractivity contribution in [3.05, 3.63) is 71.3 Å². The van der Waals surface area contributed by atoms with Crippen LogP contribution in [0.2, 0.25) is 0 Å². The van der Waals surface area contributed by atoms with Crippen molar-refractivity contribution in [3.63, 3.8) is 0 Å². The lowest BCUT2D eigenvalue weighted by molar-refractivity contribution is 0.0727. The molecule has 2 atom stereocenters. The highest BCUT2D eigenvalue weighted by atomic mass is 19.1. The van der Waals surface area contributed by atoms with Crippen molar-refractivity contribution in [1.82, 2.24) is 10.2 Å². The van der Waals surface area contributed by atoms with Crippen LogP contribution >= 0.6 is 0 Å². The molecule has 4 nitrogen and oxygen atoms in total. The highest BCUT2D eigenvalue weighted by Crippen LogP contribution is 2.21. The van der Waals surface area contributed by atoms with E-state index < -0.39 is 11.6 Å². The van der Waals surface area contributed by atoms with Gasteiger partial charge in [-0.15, -0.1) is 0 Å². The predicted molar refractivity (Wildman–Crippen MR) is 94.5 cm³/mol. The minimum atomic E-state index is -0.599. The molecular weight excluding hydrogens is 338 g/mol. The molecule has 0 unspecified atom stereocenters. The van der Waals surface area contributed by atoms with Crippen molar-refractivity contribution in [2.24, 2.45) is 5.92 Å². The maximum absolute atomic E-state index is 13.9. The van der Waals surface area contributed by atoms with Gasteiger partial charge in [0, 0.05) is 48.8 Å². The largest absolute Gasteiger partial charge is 0.396 e. The number of benzene rings is 2. The molecule has 2 aromatic rings. The molecule has 1 aliphatic heterocycles. The SMILES string of the molecule is O=C(N[C@@H]1CN(Cc2ccc(F)cc2F)CC[C@@H]1CO)c1ccccc1. The second-order valence-electron chi connectivity index (χ2n) is 6.65. The van der Waals surface area contributed by atoms with E-state index in [2.05, 4.69) is 5.32 Å². The molecule has 26 heavy (non-hydrogen) atoms. The molecule has 0 bridgehead atoms. The van der Waals surface area contributed by atoms with Crippen molar-refractivity contribution >= 4 is 5.91 Å². The van der Waals surface area contributed by atoms with Crippen molar-refractivity contribution in [2.45, 2.75) is 19.0 Å². The average molecular weight is 360 g/mol. The number of aliphatic hydroxyl groups excluding tert-OH is 1. The van der Waals surface area contributed by atoms with Gasteiger partial charge in [0.25, 0.3) is 5.91 Å². The number of rotatable bonds is 5. The van der Waals surface area contributed by atoms with Crippen LogP contribution in [-0.2, 0) is 6.54 Å². The molecular formula is C20H22F2N2O2. The predicted octanol–water partition coefficient (Wildman–Crippen LogP) is 2.58. The van der Waals surface area contributed by atoms with E-state index in [0.717, 1.165) is 6.07 Å². The minimum absolute atomic E-state index is 0.0154. The number of hydrogen-bond donors (Lipinski definition) is 2. The molecule has 1 saturated heterocycles. The molecule has 6 heteroatoms. The Labute approximate surface area is 151 Å². The average Bonchev–Trinajstić information content (AvgIpc) is 2.65. The molecule has 138 valence electrons. The van der Waals surface area contributed by atoms with Crippen LogP contribution in [0.1, 0.15) is 22.3 Å². The summed E-state index contributed by atoms with van der Waals surface area (Å²) in [6.45, 7) is 1.50. The van der Waals surface area contributed by atoms with Crippen LogP contribution in [0.4, 0.5) is 8.78 Å². The summed E-state index contributed by atoms with van der Waals surface area (Å²) in [7, 11) is 0. The number of carbonyl (C=O) groups excluding carboxylic acids is 1. The number of amides is 1. The van der Waals surface area contributed by atoms with Crippen molar-refractivity contribution in [2.75, 3.05) is 19.7 Å². The number of nitrogens with one attached hydrogen (secondary N) is 1. The Balaban J connectivity index is 1.67. The third-order valence-electron chi connectivity index (χ3n) is 4.84. The second kappa shape index (κ2) is 8.38. The zero-order chi connectivity index (χ0) is 18.5. The number of aliphatic hydroxyl groups is 1. The van der Waals surface area contributed by atoms with Gasteiger partial charge >= 0.3 is 0 Å². The van der Waals surface area contributed by atoms with E-state index in [0.29, 0.717) is 37.2 Å². The molecule has 0 spiro atoms. The first-order valence-corrected chi connectivity index (χ1v) is 8.70. The van der Waals surface area contributed by atoms with Crippen LogP contribution in [0.3, 0.4) is 0 Å². The minimum Gasteiger partial charge on any atom is -0.396 e. The summed E-state index contributed by atoms with van der Waals surface area (Å²) in [5.74, 6) is -1.40. The molecule has 1 aliphatic rings. The van der Waals surface area contributed by atoms with Gasteiger partial charge in [0.15, 0.2) is 0 Å². The van der Waals surface area contributed by atoms with E-state index in [1.54, 1.807) is 24.3 Å². The molecule has 0 aliphatic carbocycles. The summed E-state index contributed by atoms with van der Waals surface area (Å²) >= 11 is 0. The molecule has 1 heterocycles. The lowest BCUT2D eigenvalue weighted by Crippen LogP contribution is -2.53. The van der Waals surface area contributed by atoms with Crippen LogP contribution < -0.4 is 5.32 Å². The molecule has 0 saturated carbocycles. The quantitative estimate of drug-likeness (QED) is 0.862. The molecule has 1 amide bonds. The van der Waals surface area contributed by atoms with Gasteiger partial charge in [-0.1, -0.05) is 24.3 Å². The summed E-state index contributed by atoms with van der Waals surface area (Å²) in [5.41, 5.74) is 0.980. The zero-order valence-corrected chi connectivity index (χ0v) is 14.4. The molecule has 0 aromatic heterocycles. The third kappa shape index (κ3) is 4.45. The van der Waals surface area contributed by atoms with E-state index >= 15 is 0 Å². The topological polar surface area (TPSA) is 52.6 Å². The number of nitrogens with zero attached hydrogens (tertiary/aromatic N) is 1. The van der Waals surface area contributed by atoms with Gasteiger partial charge in [-0.25, -0.2) is 8.78 Å². The van der Waals surface area contributed by atoms with Crippen LogP contribution in [-0.4, -0.2) is 41.7 Å². The highest BCUT2D eigenvalue weighted by Gasteiger charge is 2.30. The fourth-order valence-electron chi connectivity index (χ4n) is 3.33. The Hall–Kier alpha value is -2.31. The molecule has 1 fully saturated rings. The normalized spacial score (nSPS) is 20.7. The Morgan fingerprint density at radius 1 is 1.19 bits per heavy atom. The van der Waals surface area contributed by atoms with Gasteiger partial charge in [0.2, 0.25) is 0 Å². The van der Waals surface area contributed by atoms with Crippen LogP contribution in [0.15, 0.2) is 48.5 Å². The molecule has 3 rings (SSSR count). The van der Waals surface area contributed by atoms with Gasteiger partial charge in [0.1, 0.15) is 11.6 Å². The zero-order valence-electron chi connectivity index (χ0n) is 14.4. The van der Waals surface area contributed by atoms with Gasteiger partial charge in [-0.3, -0.25) is 9.69 Å². The molecule has 2 aromatic carbocycles. The summed E-state index contributed by atoms with van der Waals surface area (Å²) in [6, 6.07) is 12.2. The Morgan fingerprint density at radius 2 is 1.96 bits per heavy atom. The third-order valence-corrected chi connectivity index (χ3v) is 4.84. The lowest BCUT2D eigenvalue weighted by atomic mass is 9.91. The summed E-state index contributed by atoms with van der Waals surface area (Å²) in [5, 5.41) is 12.6. The fourth-order valence-corrected chi connectivity index (χ4v) is 3.33. The van der Waals surface area contributed by atoms with Gasteiger partial charge in [0.05, 0.1) is 0 Å². The van der Waals surface area contributed by atoms with E-state index in [1.165, 1.54) is 12.1 Å². The standard InChI is InChI=1S/C20H22F2N2O2/c21-17-7-6-15(18(22)10-17)11-24-9-8-16(13-25)19(12-24)23-20(26)14-4-2-1-3-5-14/h1-7,10,16,19,25H,8-9,11-13H2,(H,23,26)/t16-,19-/m1/s1. The lowest BCUT2D eigenvalue weighted by Gasteiger charge is -2.38. The summed E-state index contributed by atoms with van der Waals surface area (Å²) < 4.78 is 27.0. The monoisotopic (exact) mass is 360 g/mol. The van der Waals surface area contributed by atoms with E-state index in [-0.39, 0.29) is 24.5 Å². The Kier molecular flexibility index (Phi) is 5.96. The number of likely N-dealkylation sites (tertiary alicyclic amines) is 1. The smallest absolute Gasteiger partial charge is 0.251 e. The van der Waals surface area contributed by atoms with E-state index in [9.17, 15) is 18.7 Å². The number of piperidine rings is 1. The van der Waals surface area contributed by atoms with Gasteiger partial charge < -0.3 is 10.4 Å². The first-order chi connectivity index (χ1) is 12.6. The summed E-state index contributed by atoms with van der Waals surface area (Å²) in [6.07, 6.45) is 0.694. The number of hydrogen-bond acceptors (Lipinski definition) is 3.